The number of allylic oxidation sites excluding steroid dienone is 1. The van der Waals surface area contributed by atoms with Crippen molar-refractivity contribution in [1.82, 2.24) is 14.9 Å². The number of ketones is 2. The Morgan fingerprint density at radius 3 is 2.42 bits per heavy atom. The van der Waals surface area contributed by atoms with Crippen molar-refractivity contribution in [3.8, 4) is 0 Å². The largest absolute Gasteiger partial charge is 0.392 e. The van der Waals surface area contributed by atoms with Crippen LogP contribution in [-0.2, 0) is 44.1 Å². The molecular weight excluding hydrogens is 803 g/mol. The number of fused-ring (bicyclic) bond motifs is 4. The van der Waals surface area contributed by atoms with Gasteiger partial charge in [-0.25, -0.2) is 0 Å². The maximum Gasteiger partial charge on any atom is 0.160 e. The highest BCUT2D eigenvalue weighted by molar-refractivity contribution is 6.02. The zero-order valence-electron chi connectivity index (χ0n) is 40.1. The number of aromatic amines is 1. The van der Waals surface area contributed by atoms with E-state index in [2.05, 4.69) is 87.0 Å². The number of epoxide rings is 1. The van der Waals surface area contributed by atoms with Gasteiger partial charge in [0.05, 0.1) is 34.4 Å². The SMILES string of the molecule is CNCCC1(C)C(=O)CCC2(C)C1CCC1(C)C2C(O)C2Cn3cc(Cc4cc(C)cc(C5(O)CCOCC5)c4)c4[nH]cc(c43)CCC(C)(CC(O)C3OC3(C)C)C3=C2C1(C)CC3=O. The third kappa shape index (κ3) is 6.45. The molecule has 5 N–H and O–H groups in total. The number of hydrogen-bond donors (Lipinski definition) is 5. The Morgan fingerprint density at radius 2 is 1.72 bits per heavy atom. The molecule has 4 aliphatic carbocycles. The highest BCUT2D eigenvalue weighted by Gasteiger charge is 2.73. The molecule has 10 nitrogen and oxygen atoms in total. The highest BCUT2D eigenvalue weighted by atomic mass is 16.6. The third-order valence-electron chi connectivity index (χ3n) is 19.6. The number of rotatable bonds is 9. The Kier molecular flexibility index (Phi) is 10.4. The van der Waals surface area contributed by atoms with Crippen molar-refractivity contribution in [2.75, 3.05) is 26.8 Å². The van der Waals surface area contributed by atoms with E-state index < -0.39 is 45.1 Å². The molecule has 5 fully saturated rings. The molecule has 10 heteroatoms. The first-order chi connectivity index (χ1) is 30.1. The molecule has 3 aromatic rings. The molecule has 3 aliphatic heterocycles. The molecule has 10 rings (SSSR count). The number of H-pyrrole nitrogens is 1. The normalized spacial score (nSPS) is 39.3. The maximum atomic E-state index is 15.3. The monoisotopic (exact) mass is 878 g/mol. The van der Waals surface area contributed by atoms with Crippen LogP contribution in [0.2, 0.25) is 0 Å². The minimum absolute atomic E-state index is 0.120. The molecule has 0 spiro atoms. The summed E-state index contributed by atoms with van der Waals surface area (Å²) in [5.41, 5.74) is 6.02. The lowest BCUT2D eigenvalue weighted by atomic mass is 9.34. The molecule has 0 amide bonds. The van der Waals surface area contributed by atoms with Gasteiger partial charge in [0.1, 0.15) is 11.9 Å². The van der Waals surface area contributed by atoms with Crippen LogP contribution >= 0.6 is 0 Å². The molecule has 11 atom stereocenters. The molecule has 11 unspecified atom stereocenters. The molecule has 3 saturated carbocycles. The molecule has 1 aromatic carbocycles. The predicted octanol–water partition coefficient (Wildman–Crippen LogP) is 8.03. The number of benzene rings is 1. The number of ether oxygens (including phenoxy) is 2. The van der Waals surface area contributed by atoms with Crippen molar-refractivity contribution >= 4 is 22.6 Å². The zero-order valence-corrected chi connectivity index (χ0v) is 40.1. The standard InChI is InChI=1S/C54H75N3O7/c1-31-22-32(25-35(23-31)54(62)17-20-63-21-18-54)24-34-29-57-30-36-41-42(49(4,26-38(59)47-48(2,3)64-47)13-10-33-28-56-43(34)44(33)57)37(58)27-53(41,8)52(7)15-11-39-50(5,16-19-55-9)40(60)12-14-51(39,6)46(52)45(36)61/h22-23,25,28-29,36,38-39,45-47,55-56,59,61-62H,10-21,24,26-27,30H2,1-9H3. The fourth-order valence-corrected chi connectivity index (χ4v) is 16.1. The topological polar surface area (TPSA) is 149 Å². The van der Waals surface area contributed by atoms with E-state index in [9.17, 15) is 20.1 Å². The second kappa shape index (κ2) is 14.9. The van der Waals surface area contributed by atoms with Crippen molar-refractivity contribution in [2.24, 2.45) is 44.8 Å². The number of aliphatic hydroxyl groups excluding tert-OH is 2. The van der Waals surface area contributed by atoms with Crippen molar-refractivity contribution in [3.63, 3.8) is 0 Å². The van der Waals surface area contributed by atoms with Gasteiger partial charge >= 0.3 is 0 Å². The minimum atomic E-state index is -0.913. The van der Waals surface area contributed by atoms with Crippen LogP contribution in [0.5, 0.6) is 0 Å². The van der Waals surface area contributed by atoms with E-state index in [1.54, 1.807) is 0 Å². The smallest absolute Gasteiger partial charge is 0.160 e. The summed E-state index contributed by atoms with van der Waals surface area (Å²) in [5, 5.41) is 40.7. The van der Waals surface area contributed by atoms with Crippen LogP contribution in [0.1, 0.15) is 140 Å². The highest BCUT2D eigenvalue weighted by Crippen LogP contribution is 2.76. The Balaban J connectivity index is 1.12. The summed E-state index contributed by atoms with van der Waals surface area (Å²) in [6.45, 7) is 20.1. The minimum Gasteiger partial charge on any atom is -0.392 e. The van der Waals surface area contributed by atoms with Crippen LogP contribution in [0.4, 0.5) is 0 Å². The third-order valence-corrected chi connectivity index (χ3v) is 19.6. The van der Waals surface area contributed by atoms with Gasteiger partial charge in [0, 0.05) is 86.6 Å². The number of Topliss-reactive ketones (excluding diaryl/α,β-unsaturated/α-hetero) is 2. The molecule has 5 heterocycles. The summed E-state index contributed by atoms with van der Waals surface area (Å²) >= 11 is 0. The van der Waals surface area contributed by atoms with Gasteiger partial charge in [0.25, 0.3) is 0 Å². The fourth-order valence-electron chi connectivity index (χ4n) is 16.1. The van der Waals surface area contributed by atoms with Crippen LogP contribution < -0.4 is 5.32 Å². The number of aryl methyl sites for hydroxylation is 2. The predicted molar refractivity (Wildman–Crippen MR) is 248 cm³/mol. The molecular formula is C54H75N3O7. The van der Waals surface area contributed by atoms with Crippen molar-refractivity contribution < 1.29 is 34.4 Å². The van der Waals surface area contributed by atoms with Gasteiger partial charge < -0.3 is 39.7 Å². The van der Waals surface area contributed by atoms with E-state index in [1.807, 2.05) is 20.9 Å². The average Bonchev–Trinajstić information content (AvgIpc) is 3.47. The number of nitrogens with zero attached hydrogens (tertiary/aromatic N) is 1. The van der Waals surface area contributed by atoms with E-state index in [1.165, 1.54) is 5.56 Å². The lowest BCUT2D eigenvalue weighted by Crippen LogP contribution is -2.68. The van der Waals surface area contributed by atoms with Gasteiger partial charge in [0.15, 0.2) is 5.78 Å². The van der Waals surface area contributed by atoms with Crippen molar-refractivity contribution in [1.29, 1.82) is 0 Å². The number of aliphatic hydroxyl groups is 3. The molecule has 348 valence electrons. The van der Waals surface area contributed by atoms with Gasteiger partial charge in [0.2, 0.25) is 0 Å². The summed E-state index contributed by atoms with van der Waals surface area (Å²) in [4.78, 5) is 33.1. The van der Waals surface area contributed by atoms with E-state index >= 15 is 4.79 Å². The maximum absolute atomic E-state index is 15.3. The molecule has 64 heavy (non-hydrogen) atoms. The molecule has 0 bridgehead atoms. The van der Waals surface area contributed by atoms with Crippen LogP contribution in [-0.4, -0.2) is 87.2 Å². The summed E-state index contributed by atoms with van der Waals surface area (Å²) in [7, 11) is 1.96. The Hall–Kier alpha value is -3.12. The second-order valence-electron chi connectivity index (χ2n) is 23.9. The van der Waals surface area contributed by atoms with E-state index in [-0.39, 0.29) is 35.1 Å². The van der Waals surface area contributed by atoms with Crippen LogP contribution in [0, 0.1) is 51.8 Å². The fraction of sp³-hybridized carbons (Fsp3) is 0.704. The quantitative estimate of drug-likeness (QED) is 0.136. The Labute approximate surface area is 380 Å². The number of carbonyl (C=O) groups excluding carboxylic acids is 2. The van der Waals surface area contributed by atoms with Crippen LogP contribution in [0.15, 0.2) is 41.7 Å². The van der Waals surface area contributed by atoms with E-state index in [0.717, 1.165) is 83.1 Å². The molecule has 0 radical (unpaired) electrons. The first-order valence-corrected chi connectivity index (χ1v) is 24.7. The summed E-state index contributed by atoms with van der Waals surface area (Å²) in [6, 6.07) is 6.53. The first-order valence-electron chi connectivity index (χ1n) is 24.7. The molecule has 2 saturated heterocycles. The number of nitrogens with one attached hydrogen (secondary N) is 2. The Morgan fingerprint density at radius 1 is 0.984 bits per heavy atom. The first kappa shape index (κ1) is 44.7. The number of aromatic nitrogens is 2. The van der Waals surface area contributed by atoms with Crippen molar-refractivity contribution in [2.45, 2.75) is 168 Å². The Bertz CT molecular complexity index is 2420. The molecule has 7 aliphatic rings. The van der Waals surface area contributed by atoms with E-state index in [0.29, 0.717) is 70.5 Å². The average molecular weight is 878 g/mol. The van der Waals surface area contributed by atoms with E-state index in [4.69, 9.17) is 9.47 Å². The van der Waals surface area contributed by atoms with Gasteiger partial charge in [-0.2, -0.15) is 0 Å². The van der Waals surface area contributed by atoms with Gasteiger partial charge in [-0.15, -0.1) is 0 Å². The zero-order chi connectivity index (χ0) is 45.6. The van der Waals surface area contributed by atoms with Gasteiger partial charge in [-0.1, -0.05) is 58.4 Å². The summed E-state index contributed by atoms with van der Waals surface area (Å²) in [6.07, 6.45) is 10.4. The summed E-state index contributed by atoms with van der Waals surface area (Å²) < 4.78 is 14.1. The van der Waals surface area contributed by atoms with Crippen LogP contribution in [0.3, 0.4) is 0 Å². The summed E-state index contributed by atoms with van der Waals surface area (Å²) in [5.74, 6) is 0.148. The lowest BCUT2D eigenvalue weighted by Gasteiger charge is -2.70. The van der Waals surface area contributed by atoms with Gasteiger partial charge in [-0.3, -0.25) is 9.59 Å². The van der Waals surface area contributed by atoms with Gasteiger partial charge in [-0.05, 0) is 135 Å². The number of hydrogen-bond acceptors (Lipinski definition) is 8. The van der Waals surface area contributed by atoms with Crippen molar-refractivity contribution in [3.05, 3.63) is 69.6 Å². The van der Waals surface area contributed by atoms with Crippen LogP contribution in [0.25, 0.3) is 11.0 Å². The lowest BCUT2D eigenvalue weighted by molar-refractivity contribution is -0.222. The second-order valence-corrected chi connectivity index (χ2v) is 23.9. The molecule has 2 aromatic heterocycles. The number of carbonyl (C=O) groups is 2.